The third kappa shape index (κ3) is 5.45. The van der Waals surface area contributed by atoms with E-state index >= 15 is 0 Å². The summed E-state index contributed by atoms with van der Waals surface area (Å²) in [4.78, 5) is 40.4. The van der Waals surface area contributed by atoms with Crippen molar-refractivity contribution in [3.8, 4) is 0 Å². The predicted octanol–water partition coefficient (Wildman–Crippen LogP) is 1.30. The van der Waals surface area contributed by atoms with Gasteiger partial charge in [-0.1, -0.05) is 39.0 Å². The van der Waals surface area contributed by atoms with Gasteiger partial charge >= 0.3 is 0 Å². The number of carbonyl (C=O) groups excluding carboxylic acids is 3. The molecule has 3 amide bonds. The van der Waals surface area contributed by atoms with Gasteiger partial charge in [0.05, 0.1) is 12.1 Å². The molecule has 1 aromatic carbocycles. The molecule has 1 aliphatic rings. The Balaban J connectivity index is 1.85. The molecule has 0 aliphatic carbocycles. The monoisotopic (exact) mass is 443 g/mol. The number of hydrogen-bond donors (Lipinski definition) is 3. The maximum atomic E-state index is 13.2. The summed E-state index contributed by atoms with van der Waals surface area (Å²) in [6.07, 6.45) is 3.15. The maximum Gasteiger partial charge on any atom is 0.273 e. The molecule has 0 bridgehead atoms. The number of fused-ring (bicyclic) bond motifs is 1. The molecule has 32 heavy (non-hydrogen) atoms. The Labute approximate surface area is 188 Å². The van der Waals surface area contributed by atoms with Crippen LogP contribution in [0.5, 0.6) is 0 Å². The molecular weight excluding hydrogens is 410 g/mol. The molecular formula is C23H33N5O4. The lowest BCUT2D eigenvalue weighted by Crippen LogP contribution is -2.54. The van der Waals surface area contributed by atoms with Gasteiger partial charge in [0.25, 0.3) is 5.91 Å². The summed E-state index contributed by atoms with van der Waals surface area (Å²) in [6, 6.07) is 6.45. The van der Waals surface area contributed by atoms with Crippen molar-refractivity contribution in [3.63, 3.8) is 0 Å². The number of carbonyl (C=O) groups is 3. The SMILES string of the molecule is CC(C)(C)[C@H](NC(=O)c1nn(CC(=O)N2CCCCC2)c2ccccc12)C(=O)NCCO. The van der Waals surface area contributed by atoms with Crippen LogP contribution in [0.4, 0.5) is 0 Å². The number of nitrogens with zero attached hydrogens (tertiary/aromatic N) is 3. The largest absolute Gasteiger partial charge is 0.395 e. The Kier molecular flexibility index (Phi) is 7.50. The van der Waals surface area contributed by atoms with Crippen molar-refractivity contribution in [1.29, 1.82) is 0 Å². The first-order valence-corrected chi connectivity index (χ1v) is 11.1. The number of piperidine rings is 1. The number of rotatable bonds is 7. The van der Waals surface area contributed by atoms with Crippen molar-refractivity contribution >= 4 is 28.6 Å². The van der Waals surface area contributed by atoms with Gasteiger partial charge in [0, 0.05) is 25.0 Å². The zero-order valence-corrected chi connectivity index (χ0v) is 19.1. The third-order valence-corrected chi connectivity index (χ3v) is 5.68. The average molecular weight is 444 g/mol. The Bertz CT molecular complexity index is 972. The van der Waals surface area contributed by atoms with E-state index in [9.17, 15) is 14.4 Å². The van der Waals surface area contributed by atoms with Crippen LogP contribution in [0.3, 0.4) is 0 Å². The summed E-state index contributed by atoms with van der Waals surface area (Å²) >= 11 is 0. The lowest BCUT2D eigenvalue weighted by molar-refractivity contribution is -0.132. The molecule has 0 unspecified atom stereocenters. The molecule has 1 fully saturated rings. The lowest BCUT2D eigenvalue weighted by Gasteiger charge is -2.30. The topological polar surface area (TPSA) is 117 Å². The molecule has 2 aromatic rings. The molecule has 1 aliphatic heterocycles. The molecule has 3 rings (SSSR count). The molecule has 0 spiro atoms. The first kappa shape index (κ1) is 23.7. The third-order valence-electron chi connectivity index (χ3n) is 5.68. The fraction of sp³-hybridized carbons (Fsp3) is 0.565. The second kappa shape index (κ2) is 10.1. The normalized spacial score (nSPS) is 15.4. The quantitative estimate of drug-likeness (QED) is 0.596. The highest BCUT2D eigenvalue weighted by molar-refractivity contribution is 6.06. The molecule has 9 nitrogen and oxygen atoms in total. The summed E-state index contributed by atoms with van der Waals surface area (Å²) in [6.45, 7) is 7.05. The zero-order valence-electron chi connectivity index (χ0n) is 19.1. The second-order valence-corrected chi connectivity index (χ2v) is 9.25. The summed E-state index contributed by atoms with van der Waals surface area (Å²) in [7, 11) is 0. The van der Waals surface area contributed by atoms with Gasteiger partial charge in [-0.2, -0.15) is 5.10 Å². The van der Waals surface area contributed by atoms with Gasteiger partial charge < -0.3 is 20.6 Å². The molecule has 174 valence electrons. The number of aromatic nitrogens is 2. The van der Waals surface area contributed by atoms with Crippen molar-refractivity contribution < 1.29 is 19.5 Å². The van der Waals surface area contributed by atoms with E-state index in [1.807, 2.05) is 43.9 Å². The number of likely N-dealkylation sites (tertiary alicyclic amines) is 1. The van der Waals surface area contributed by atoms with Crippen LogP contribution in [0.2, 0.25) is 0 Å². The Morgan fingerprint density at radius 1 is 1.12 bits per heavy atom. The van der Waals surface area contributed by atoms with Gasteiger partial charge in [0.15, 0.2) is 5.69 Å². The first-order valence-electron chi connectivity index (χ1n) is 11.1. The van der Waals surface area contributed by atoms with Gasteiger partial charge in [0.1, 0.15) is 12.6 Å². The lowest BCUT2D eigenvalue weighted by atomic mass is 9.86. The number of hydrogen-bond acceptors (Lipinski definition) is 5. The van der Waals surface area contributed by atoms with Crippen LogP contribution in [0.15, 0.2) is 24.3 Å². The predicted molar refractivity (Wildman–Crippen MR) is 121 cm³/mol. The van der Waals surface area contributed by atoms with Crippen LogP contribution in [0, 0.1) is 5.41 Å². The van der Waals surface area contributed by atoms with Crippen molar-refractivity contribution in [2.24, 2.45) is 5.41 Å². The van der Waals surface area contributed by atoms with E-state index < -0.39 is 17.4 Å². The summed E-state index contributed by atoms with van der Waals surface area (Å²) in [5, 5.41) is 19.5. The average Bonchev–Trinajstić information content (AvgIpc) is 3.14. The Hall–Kier alpha value is -2.94. The standard InChI is InChI=1S/C23H33N5O4/c1-23(2,3)20(22(32)24-11-14-29)25-21(31)19-16-9-5-6-10-17(16)28(26-19)15-18(30)27-12-7-4-8-13-27/h5-6,9-10,20,29H,4,7-8,11-15H2,1-3H3,(H,24,32)(H,25,31)/t20-/m1/s1. The van der Waals surface area contributed by atoms with E-state index in [1.165, 1.54) is 0 Å². The number of aliphatic hydroxyl groups excluding tert-OH is 1. The minimum Gasteiger partial charge on any atom is -0.395 e. The number of amides is 3. The molecule has 0 saturated carbocycles. The fourth-order valence-electron chi connectivity index (χ4n) is 3.94. The van der Waals surface area contributed by atoms with Gasteiger partial charge in [-0.25, -0.2) is 0 Å². The Morgan fingerprint density at radius 2 is 1.81 bits per heavy atom. The van der Waals surface area contributed by atoms with E-state index in [2.05, 4.69) is 15.7 Å². The van der Waals surface area contributed by atoms with Gasteiger partial charge in [-0.3, -0.25) is 19.1 Å². The molecule has 2 heterocycles. The minimum absolute atomic E-state index is 0.0131. The van der Waals surface area contributed by atoms with Gasteiger partial charge in [0.2, 0.25) is 11.8 Å². The molecule has 0 radical (unpaired) electrons. The van der Waals surface area contributed by atoms with E-state index in [0.717, 1.165) is 32.4 Å². The van der Waals surface area contributed by atoms with Gasteiger partial charge in [-0.05, 0) is 30.7 Å². The number of para-hydroxylation sites is 1. The van der Waals surface area contributed by atoms with E-state index in [-0.39, 0.29) is 37.2 Å². The van der Waals surface area contributed by atoms with Crippen molar-refractivity contribution in [3.05, 3.63) is 30.0 Å². The van der Waals surface area contributed by atoms with Crippen LogP contribution < -0.4 is 10.6 Å². The number of aliphatic hydroxyl groups is 1. The fourth-order valence-corrected chi connectivity index (χ4v) is 3.94. The van der Waals surface area contributed by atoms with Crippen LogP contribution in [-0.4, -0.2) is 69.8 Å². The summed E-state index contributed by atoms with van der Waals surface area (Å²) < 4.78 is 1.57. The van der Waals surface area contributed by atoms with Crippen LogP contribution in [0.25, 0.3) is 10.9 Å². The number of benzene rings is 1. The van der Waals surface area contributed by atoms with Crippen LogP contribution in [-0.2, 0) is 16.1 Å². The highest BCUT2D eigenvalue weighted by atomic mass is 16.3. The number of nitrogens with one attached hydrogen (secondary N) is 2. The smallest absolute Gasteiger partial charge is 0.273 e. The van der Waals surface area contributed by atoms with E-state index in [4.69, 9.17) is 5.11 Å². The molecule has 1 saturated heterocycles. The van der Waals surface area contributed by atoms with E-state index in [1.54, 1.807) is 10.7 Å². The second-order valence-electron chi connectivity index (χ2n) is 9.25. The zero-order chi connectivity index (χ0) is 23.3. The summed E-state index contributed by atoms with van der Waals surface area (Å²) in [5.41, 5.74) is 0.314. The molecule has 9 heteroatoms. The van der Waals surface area contributed by atoms with Crippen LogP contribution >= 0.6 is 0 Å². The highest BCUT2D eigenvalue weighted by Crippen LogP contribution is 2.23. The maximum absolute atomic E-state index is 13.2. The highest BCUT2D eigenvalue weighted by Gasteiger charge is 2.34. The van der Waals surface area contributed by atoms with Crippen molar-refractivity contribution in [1.82, 2.24) is 25.3 Å². The van der Waals surface area contributed by atoms with E-state index in [0.29, 0.717) is 10.9 Å². The first-order chi connectivity index (χ1) is 15.2. The molecule has 1 aromatic heterocycles. The molecule has 3 N–H and O–H groups in total. The summed E-state index contributed by atoms with van der Waals surface area (Å²) in [5.74, 6) is -0.866. The van der Waals surface area contributed by atoms with Gasteiger partial charge in [-0.15, -0.1) is 0 Å². The Morgan fingerprint density at radius 3 is 2.47 bits per heavy atom. The van der Waals surface area contributed by atoms with Crippen molar-refractivity contribution in [2.45, 2.75) is 52.6 Å². The molecule has 1 atom stereocenters. The van der Waals surface area contributed by atoms with Crippen LogP contribution in [0.1, 0.15) is 50.5 Å². The van der Waals surface area contributed by atoms with Crippen molar-refractivity contribution in [2.75, 3.05) is 26.2 Å². The minimum atomic E-state index is -0.819.